The normalized spacial score (nSPS) is 11.6. The predicted octanol–water partition coefficient (Wildman–Crippen LogP) is 5.81. The zero-order valence-electron chi connectivity index (χ0n) is 11.5. The van der Waals surface area contributed by atoms with Crippen molar-refractivity contribution in [3.63, 3.8) is 0 Å². The highest BCUT2D eigenvalue weighted by molar-refractivity contribution is 4.55. The fourth-order valence-corrected chi connectivity index (χ4v) is 2.21. The first kappa shape index (κ1) is 15.0. The van der Waals surface area contributed by atoms with Crippen LogP contribution in [-0.4, -0.2) is 0 Å². The van der Waals surface area contributed by atoms with E-state index < -0.39 is 0 Å². The third-order valence-electron chi connectivity index (χ3n) is 3.55. The molecular formula is C15H32. The van der Waals surface area contributed by atoms with Crippen molar-refractivity contribution >= 4 is 0 Å². The molecule has 0 fully saturated rings. The van der Waals surface area contributed by atoms with Crippen molar-refractivity contribution in [1.82, 2.24) is 0 Å². The minimum absolute atomic E-state index is 0.898. The van der Waals surface area contributed by atoms with Crippen molar-refractivity contribution in [2.24, 2.45) is 11.8 Å². The monoisotopic (exact) mass is 212 g/mol. The fraction of sp³-hybridized carbons (Fsp3) is 1.00. The predicted molar refractivity (Wildman–Crippen MR) is 71.2 cm³/mol. The number of hydrogen-bond acceptors (Lipinski definition) is 0. The lowest BCUT2D eigenvalue weighted by molar-refractivity contribution is 0.424. The van der Waals surface area contributed by atoms with Gasteiger partial charge in [-0.1, -0.05) is 85.5 Å². The van der Waals surface area contributed by atoms with Gasteiger partial charge in [-0.2, -0.15) is 0 Å². The van der Waals surface area contributed by atoms with Crippen LogP contribution in [0.15, 0.2) is 0 Å². The molecule has 0 bridgehead atoms. The number of unbranched alkanes of at least 4 members (excludes halogenated alkanes) is 4. The highest BCUT2D eigenvalue weighted by Crippen LogP contribution is 2.18. The van der Waals surface area contributed by atoms with Gasteiger partial charge in [0.2, 0.25) is 0 Å². The van der Waals surface area contributed by atoms with Gasteiger partial charge in [0.05, 0.1) is 0 Å². The highest BCUT2D eigenvalue weighted by atomic mass is 14.1. The van der Waals surface area contributed by atoms with Crippen LogP contribution < -0.4 is 0 Å². The molecular weight excluding hydrogens is 180 g/mol. The van der Waals surface area contributed by atoms with E-state index in [4.69, 9.17) is 0 Å². The van der Waals surface area contributed by atoms with E-state index in [0.29, 0.717) is 0 Å². The van der Waals surface area contributed by atoms with E-state index in [2.05, 4.69) is 27.7 Å². The largest absolute Gasteiger partial charge is 0.0651 e. The van der Waals surface area contributed by atoms with Gasteiger partial charge in [-0.15, -0.1) is 0 Å². The molecule has 0 saturated carbocycles. The van der Waals surface area contributed by atoms with Crippen molar-refractivity contribution in [2.45, 2.75) is 85.5 Å². The second-order valence-corrected chi connectivity index (χ2v) is 5.42. The number of hydrogen-bond donors (Lipinski definition) is 0. The first-order valence-electron chi connectivity index (χ1n) is 7.20. The summed E-state index contributed by atoms with van der Waals surface area (Å²) in [6, 6.07) is 0. The quantitative estimate of drug-likeness (QED) is 0.401. The lowest BCUT2D eigenvalue weighted by Crippen LogP contribution is -1.96. The minimum Gasteiger partial charge on any atom is -0.0651 e. The molecule has 0 aromatic rings. The Morgan fingerprint density at radius 3 is 1.60 bits per heavy atom. The summed E-state index contributed by atoms with van der Waals surface area (Å²) in [5.41, 5.74) is 0. The second-order valence-electron chi connectivity index (χ2n) is 5.42. The van der Waals surface area contributed by atoms with Crippen LogP contribution in [0.1, 0.15) is 85.5 Å². The van der Waals surface area contributed by atoms with Gasteiger partial charge in [-0.25, -0.2) is 0 Å². The first-order chi connectivity index (χ1) is 7.20. The summed E-state index contributed by atoms with van der Waals surface area (Å²) < 4.78 is 0. The van der Waals surface area contributed by atoms with Crippen molar-refractivity contribution in [1.29, 1.82) is 0 Å². The van der Waals surface area contributed by atoms with Crippen molar-refractivity contribution < 1.29 is 0 Å². The molecule has 0 aromatic carbocycles. The van der Waals surface area contributed by atoms with Crippen LogP contribution in [0.3, 0.4) is 0 Å². The summed E-state index contributed by atoms with van der Waals surface area (Å²) in [7, 11) is 0. The zero-order valence-corrected chi connectivity index (χ0v) is 11.5. The van der Waals surface area contributed by atoms with Crippen LogP contribution in [0.25, 0.3) is 0 Å². The van der Waals surface area contributed by atoms with Crippen LogP contribution in [0.4, 0.5) is 0 Å². The van der Waals surface area contributed by atoms with E-state index in [1.165, 1.54) is 57.8 Å². The van der Waals surface area contributed by atoms with E-state index in [0.717, 1.165) is 11.8 Å². The summed E-state index contributed by atoms with van der Waals surface area (Å²) in [6.07, 6.45) is 13.0. The van der Waals surface area contributed by atoms with E-state index in [9.17, 15) is 0 Å². The topological polar surface area (TPSA) is 0 Å². The van der Waals surface area contributed by atoms with Gasteiger partial charge in [0.1, 0.15) is 0 Å². The van der Waals surface area contributed by atoms with Crippen LogP contribution in [0.2, 0.25) is 0 Å². The molecule has 0 aliphatic rings. The van der Waals surface area contributed by atoms with E-state index in [1.807, 2.05) is 0 Å². The summed E-state index contributed by atoms with van der Waals surface area (Å²) in [5, 5.41) is 0. The Morgan fingerprint density at radius 2 is 1.13 bits per heavy atom. The lowest BCUT2D eigenvalue weighted by atomic mass is 9.95. The smallest absolute Gasteiger partial charge is 0.0420 e. The molecule has 0 spiro atoms. The van der Waals surface area contributed by atoms with Crippen LogP contribution in [0, 0.1) is 11.8 Å². The van der Waals surface area contributed by atoms with Crippen molar-refractivity contribution in [3.05, 3.63) is 0 Å². The summed E-state index contributed by atoms with van der Waals surface area (Å²) in [4.78, 5) is 0. The van der Waals surface area contributed by atoms with Gasteiger partial charge in [0, 0.05) is 0 Å². The molecule has 0 heterocycles. The van der Waals surface area contributed by atoms with Crippen LogP contribution >= 0.6 is 0 Å². The van der Waals surface area contributed by atoms with Gasteiger partial charge < -0.3 is 0 Å². The molecule has 0 aliphatic carbocycles. The van der Waals surface area contributed by atoms with Gasteiger partial charge in [-0.05, 0) is 11.8 Å². The Hall–Kier alpha value is 0. The first-order valence-corrected chi connectivity index (χ1v) is 7.20. The maximum Gasteiger partial charge on any atom is -0.0420 e. The molecule has 0 atom stereocenters. The van der Waals surface area contributed by atoms with Crippen molar-refractivity contribution in [2.75, 3.05) is 0 Å². The molecule has 0 radical (unpaired) electrons. The Kier molecular flexibility index (Phi) is 10.5. The molecule has 15 heavy (non-hydrogen) atoms. The summed E-state index contributed by atoms with van der Waals surface area (Å²) in [6.45, 7) is 9.31. The third-order valence-corrected chi connectivity index (χ3v) is 3.55. The second kappa shape index (κ2) is 10.5. The van der Waals surface area contributed by atoms with Gasteiger partial charge in [0.25, 0.3) is 0 Å². The molecule has 0 unspecified atom stereocenters. The summed E-state index contributed by atoms with van der Waals surface area (Å²) >= 11 is 0. The Labute approximate surface area is 97.8 Å². The van der Waals surface area contributed by atoms with Gasteiger partial charge in [-0.3, -0.25) is 0 Å². The average Bonchev–Trinajstić information content (AvgIpc) is 2.22. The molecule has 0 N–H and O–H groups in total. The Morgan fingerprint density at radius 1 is 0.667 bits per heavy atom. The average molecular weight is 212 g/mol. The third kappa shape index (κ3) is 10.3. The molecule has 92 valence electrons. The number of rotatable bonds is 10. The maximum absolute atomic E-state index is 2.33. The van der Waals surface area contributed by atoms with E-state index in [1.54, 1.807) is 0 Å². The fourth-order valence-electron chi connectivity index (χ4n) is 2.21. The van der Waals surface area contributed by atoms with E-state index in [-0.39, 0.29) is 0 Å². The Bertz CT molecular complexity index is 111. The Balaban J connectivity index is 3.10. The van der Waals surface area contributed by atoms with Gasteiger partial charge >= 0.3 is 0 Å². The van der Waals surface area contributed by atoms with Gasteiger partial charge in [0.15, 0.2) is 0 Å². The molecule has 0 aromatic heterocycles. The molecule has 0 heteroatoms. The SMILES string of the molecule is CCC(CC)CCCCCCCC(C)C. The zero-order chi connectivity index (χ0) is 11.5. The highest BCUT2D eigenvalue weighted by Gasteiger charge is 2.02. The molecule has 0 amide bonds. The minimum atomic E-state index is 0.898. The van der Waals surface area contributed by atoms with E-state index >= 15 is 0 Å². The summed E-state index contributed by atoms with van der Waals surface area (Å²) in [5.74, 6) is 1.90. The standard InChI is InChI=1S/C15H32/c1-5-15(6-2)13-11-9-7-8-10-12-14(3)4/h14-15H,5-13H2,1-4H3. The molecule has 0 aliphatic heterocycles. The van der Waals surface area contributed by atoms with Crippen molar-refractivity contribution in [3.8, 4) is 0 Å². The van der Waals surface area contributed by atoms with Crippen LogP contribution in [-0.2, 0) is 0 Å². The molecule has 0 rings (SSSR count). The lowest BCUT2D eigenvalue weighted by Gasteiger charge is -2.11. The molecule has 0 saturated heterocycles. The van der Waals surface area contributed by atoms with Crippen LogP contribution in [0.5, 0.6) is 0 Å². The molecule has 0 nitrogen and oxygen atoms in total. The maximum atomic E-state index is 2.33.